The Bertz CT molecular complexity index is 1620. The predicted octanol–water partition coefficient (Wildman–Crippen LogP) is 8.22. The van der Waals surface area contributed by atoms with E-state index in [4.69, 9.17) is 9.40 Å². The molecule has 6 rings (SSSR count). The maximum atomic E-state index is 6.23. The van der Waals surface area contributed by atoms with Crippen molar-refractivity contribution in [3.8, 4) is 22.6 Å². The fourth-order valence-corrected chi connectivity index (χ4v) is 5.31. The minimum Gasteiger partial charge on any atom is -0.438 e. The van der Waals surface area contributed by atoms with Crippen molar-refractivity contribution in [2.45, 2.75) is 26.2 Å². The van der Waals surface area contributed by atoms with Crippen molar-refractivity contribution in [1.82, 2.24) is 9.97 Å². The lowest BCUT2D eigenvalue weighted by atomic mass is 9.82. The van der Waals surface area contributed by atoms with Crippen molar-refractivity contribution in [1.29, 1.82) is 0 Å². The number of aromatic nitrogens is 2. The molecule has 3 heterocycles. The van der Waals surface area contributed by atoms with Crippen LogP contribution in [-0.2, 0) is 5.41 Å². The van der Waals surface area contributed by atoms with Gasteiger partial charge in [-0.3, -0.25) is 0 Å². The van der Waals surface area contributed by atoms with Gasteiger partial charge in [0.2, 0.25) is 5.71 Å². The van der Waals surface area contributed by atoms with Crippen LogP contribution in [-0.4, -0.2) is 9.97 Å². The Hall–Kier alpha value is -3.50. The lowest BCUT2D eigenvalue weighted by molar-refractivity contribution is 0.596. The molecule has 0 bridgehead atoms. The lowest BCUT2D eigenvalue weighted by Crippen LogP contribution is -2.12. The number of hydrogen-bond acceptors (Lipinski definition) is 4. The molecule has 32 heavy (non-hydrogen) atoms. The summed E-state index contributed by atoms with van der Waals surface area (Å²) in [7, 11) is 0. The Balaban J connectivity index is 1.60. The Morgan fingerprint density at radius 1 is 0.812 bits per heavy atom. The Labute approximate surface area is 190 Å². The number of thiophene rings is 1. The van der Waals surface area contributed by atoms with Crippen LogP contribution < -0.4 is 0 Å². The van der Waals surface area contributed by atoms with E-state index in [0.717, 1.165) is 28.0 Å². The summed E-state index contributed by atoms with van der Waals surface area (Å²) in [5, 5.41) is 6.75. The topological polar surface area (TPSA) is 38.9 Å². The van der Waals surface area contributed by atoms with Gasteiger partial charge >= 0.3 is 0 Å². The SMILES string of the molecule is CC(C)(C)c1cc(-c2ncnc3oc(-c4cccc5sccc45)cc23)cc2ccccc12. The van der Waals surface area contributed by atoms with Crippen LogP contribution in [0.5, 0.6) is 0 Å². The highest BCUT2D eigenvalue weighted by Gasteiger charge is 2.20. The van der Waals surface area contributed by atoms with Gasteiger partial charge in [-0.05, 0) is 57.5 Å². The van der Waals surface area contributed by atoms with Crippen molar-refractivity contribution in [2.75, 3.05) is 0 Å². The monoisotopic (exact) mass is 434 g/mol. The summed E-state index contributed by atoms with van der Waals surface area (Å²) >= 11 is 1.74. The Kier molecular flexibility index (Phi) is 4.21. The number of hydrogen-bond donors (Lipinski definition) is 0. The molecule has 3 nitrogen and oxygen atoms in total. The molecule has 0 amide bonds. The third-order valence-corrected chi connectivity index (χ3v) is 6.92. The van der Waals surface area contributed by atoms with Crippen molar-refractivity contribution >= 4 is 43.3 Å². The van der Waals surface area contributed by atoms with Crippen LogP contribution in [0.25, 0.3) is 54.5 Å². The van der Waals surface area contributed by atoms with Crippen LogP contribution in [0.4, 0.5) is 0 Å². The normalized spacial score (nSPS) is 12.2. The van der Waals surface area contributed by atoms with Crippen molar-refractivity contribution in [3.63, 3.8) is 0 Å². The van der Waals surface area contributed by atoms with Gasteiger partial charge in [-0.25, -0.2) is 9.97 Å². The van der Waals surface area contributed by atoms with Gasteiger partial charge in [-0.2, -0.15) is 0 Å². The van der Waals surface area contributed by atoms with E-state index >= 15 is 0 Å². The molecule has 0 unspecified atom stereocenters. The number of furan rings is 1. The highest BCUT2D eigenvalue weighted by Crippen LogP contribution is 2.39. The van der Waals surface area contributed by atoms with E-state index in [1.807, 2.05) is 0 Å². The number of fused-ring (bicyclic) bond motifs is 3. The third kappa shape index (κ3) is 3.02. The van der Waals surface area contributed by atoms with Crippen molar-refractivity contribution in [2.24, 2.45) is 0 Å². The third-order valence-electron chi connectivity index (χ3n) is 6.03. The summed E-state index contributed by atoms with van der Waals surface area (Å²) in [4.78, 5) is 9.14. The van der Waals surface area contributed by atoms with Gasteiger partial charge in [0, 0.05) is 21.2 Å². The first kappa shape index (κ1) is 19.2. The fraction of sp³-hybridized carbons (Fsp3) is 0.143. The molecule has 0 aliphatic carbocycles. The summed E-state index contributed by atoms with van der Waals surface area (Å²) in [5.74, 6) is 0.822. The Morgan fingerprint density at radius 2 is 1.69 bits per heavy atom. The molecule has 0 aliphatic rings. The molecule has 0 saturated heterocycles. The quantitative estimate of drug-likeness (QED) is 0.275. The molecule has 0 N–H and O–H groups in total. The van der Waals surface area contributed by atoms with E-state index in [0.29, 0.717) is 5.71 Å². The van der Waals surface area contributed by atoms with E-state index in [1.54, 1.807) is 17.7 Å². The van der Waals surface area contributed by atoms with Crippen LogP contribution in [0.3, 0.4) is 0 Å². The zero-order valence-electron chi connectivity index (χ0n) is 18.2. The van der Waals surface area contributed by atoms with Gasteiger partial charge in [-0.1, -0.05) is 57.2 Å². The van der Waals surface area contributed by atoms with E-state index < -0.39 is 0 Å². The standard InChI is InChI=1S/C28H22N2OS/c1-28(2,3)23-14-18(13-17-7-4-5-8-19(17)23)26-22-15-24(31-27(22)30-16-29-26)20-9-6-10-25-21(20)11-12-32-25/h4-16H,1-3H3. The van der Waals surface area contributed by atoms with Crippen molar-refractivity contribution < 1.29 is 4.42 Å². The second-order valence-electron chi connectivity index (χ2n) is 9.18. The van der Waals surface area contributed by atoms with Crippen LogP contribution in [0.1, 0.15) is 26.3 Å². The fourth-order valence-electron chi connectivity index (χ4n) is 4.50. The predicted molar refractivity (Wildman–Crippen MR) is 134 cm³/mol. The average molecular weight is 435 g/mol. The molecule has 6 aromatic rings. The van der Waals surface area contributed by atoms with Crippen LogP contribution >= 0.6 is 11.3 Å². The van der Waals surface area contributed by atoms with Gasteiger partial charge in [0.25, 0.3) is 0 Å². The molecule has 0 spiro atoms. The first-order valence-electron chi connectivity index (χ1n) is 10.7. The summed E-state index contributed by atoms with van der Waals surface area (Å²) < 4.78 is 7.48. The second kappa shape index (κ2) is 7.01. The molecular weight excluding hydrogens is 412 g/mol. The van der Waals surface area contributed by atoms with Gasteiger partial charge in [0.05, 0.1) is 11.1 Å². The molecule has 3 aromatic carbocycles. The molecule has 156 valence electrons. The first-order valence-corrected chi connectivity index (χ1v) is 11.6. The molecule has 0 fully saturated rings. The highest BCUT2D eigenvalue weighted by atomic mass is 32.1. The number of rotatable bonds is 2. The molecule has 0 aliphatic heterocycles. The molecule has 0 saturated carbocycles. The van der Waals surface area contributed by atoms with Gasteiger partial charge in [0.15, 0.2) is 0 Å². The minimum atomic E-state index is 0.0118. The lowest BCUT2D eigenvalue weighted by Gasteiger charge is -2.22. The van der Waals surface area contributed by atoms with E-state index in [2.05, 4.69) is 97.9 Å². The maximum absolute atomic E-state index is 6.23. The number of nitrogens with zero attached hydrogens (tertiary/aromatic N) is 2. The van der Waals surface area contributed by atoms with Gasteiger partial charge < -0.3 is 4.42 Å². The first-order chi connectivity index (χ1) is 15.5. The van der Waals surface area contributed by atoms with Crippen LogP contribution in [0.2, 0.25) is 0 Å². The van der Waals surface area contributed by atoms with Gasteiger partial charge in [0.1, 0.15) is 12.1 Å². The summed E-state index contributed by atoms with van der Waals surface area (Å²) in [6.07, 6.45) is 1.60. The minimum absolute atomic E-state index is 0.0118. The molecule has 0 radical (unpaired) electrons. The second-order valence-corrected chi connectivity index (χ2v) is 10.1. The molecular formula is C28H22N2OS. The van der Waals surface area contributed by atoms with E-state index in [1.165, 1.54) is 26.4 Å². The Morgan fingerprint density at radius 3 is 2.56 bits per heavy atom. The summed E-state index contributed by atoms with van der Waals surface area (Å²) in [6.45, 7) is 6.77. The summed E-state index contributed by atoms with van der Waals surface area (Å²) in [5.41, 5.74) is 5.01. The van der Waals surface area contributed by atoms with Crippen LogP contribution in [0, 0.1) is 0 Å². The zero-order chi connectivity index (χ0) is 21.9. The molecule has 4 heteroatoms. The zero-order valence-corrected chi connectivity index (χ0v) is 19.0. The van der Waals surface area contributed by atoms with E-state index in [-0.39, 0.29) is 5.41 Å². The maximum Gasteiger partial charge on any atom is 0.230 e. The average Bonchev–Trinajstić information content (AvgIpc) is 3.44. The van der Waals surface area contributed by atoms with E-state index in [9.17, 15) is 0 Å². The molecule has 0 atom stereocenters. The van der Waals surface area contributed by atoms with Gasteiger partial charge in [-0.15, -0.1) is 11.3 Å². The summed E-state index contributed by atoms with van der Waals surface area (Å²) in [6, 6.07) is 23.6. The van der Waals surface area contributed by atoms with Crippen molar-refractivity contribution in [3.05, 3.63) is 84.0 Å². The largest absolute Gasteiger partial charge is 0.438 e. The van der Waals surface area contributed by atoms with Crippen LogP contribution in [0.15, 0.2) is 82.9 Å². The highest BCUT2D eigenvalue weighted by molar-refractivity contribution is 7.17. The number of benzene rings is 3. The smallest absolute Gasteiger partial charge is 0.230 e. The molecule has 3 aromatic heterocycles.